The van der Waals surface area contributed by atoms with Gasteiger partial charge in [0.25, 0.3) is 0 Å². The highest BCUT2D eigenvalue weighted by Crippen LogP contribution is 2.45. The zero-order chi connectivity index (χ0) is 15.3. The number of carbonyl (C=O) groups excluding carboxylic acids is 1. The van der Waals surface area contributed by atoms with E-state index in [2.05, 4.69) is 36.7 Å². The molecule has 1 aliphatic rings. The molecular weight excluding hydrogens is 338 g/mol. The van der Waals surface area contributed by atoms with Gasteiger partial charge in [0.1, 0.15) is 0 Å². The van der Waals surface area contributed by atoms with E-state index in [0.29, 0.717) is 5.92 Å². The van der Waals surface area contributed by atoms with Gasteiger partial charge in [-0.15, -0.1) is 0 Å². The van der Waals surface area contributed by atoms with Crippen molar-refractivity contribution >= 4 is 39.1 Å². The molecule has 1 amide bonds. The molecule has 1 aromatic rings. The summed E-state index contributed by atoms with van der Waals surface area (Å²) in [6.07, 6.45) is 0.926. The molecule has 0 radical (unpaired) electrons. The summed E-state index contributed by atoms with van der Waals surface area (Å²) in [5, 5.41) is 0.723. The summed E-state index contributed by atoms with van der Waals surface area (Å²) in [6.45, 7) is 10.2. The monoisotopic (exact) mass is 357 g/mol. The van der Waals surface area contributed by atoms with Gasteiger partial charge in [-0.3, -0.25) is 4.79 Å². The van der Waals surface area contributed by atoms with E-state index in [0.717, 1.165) is 22.7 Å². The van der Waals surface area contributed by atoms with E-state index in [9.17, 15) is 4.79 Å². The number of halogens is 2. The van der Waals surface area contributed by atoms with Crippen molar-refractivity contribution in [1.82, 2.24) is 0 Å². The SMILES string of the molecule is C[C@@H]1CC(C)(C)N(C(=O)C(C)(C)Br)c2ccc(Cl)cc21. The molecule has 1 heterocycles. The summed E-state index contributed by atoms with van der Waals surface area (Å²) in [5.74, 6) is 0.471. The second kappa shape index (κ2) is 5.03. The Hall–Kier alpha value is -0.540. The first-order valence-electron chi connectivity index (χ1n) is 6.87. The van der Waals surface area contributed by atoms with E-state index in [1.165, 1.54) is 0 Å². The highest BCUT2D eigenvalue weighted by Gasteiger charge is 2.43. The van der Waals surface area contributed by atoms with Gasteiger partial charge < -0.3 is 4.90 Å². The van der Waals surface area contributed by atoms with Crippen LogP contribution in [-0.4, -0.2) is 15.8 Å². The van der Waals surface area contributed by atoms with Gasteiger partial charge in [-0.2, -0.15) is 0 Å². The quantitative estimate of drug-likeness (QED) is 0.637. The molecule has 2 rings (SSSR count). The Kier molecular flexibility index (Phi) is 3.98. The molecule has 0 saturated carbocycles. The lowest BCUT2D eigenvalue weighted by Crippen LogP contribution is -2.56. The molecule has 4 heteroatoms. The van der Waals surface area contributed by atoms with Crippen LogP contribution in [0, 0.1) is 0 Å². The Balaban J connectivity index is 2.60. The Labute approximate surface area is 134 Å². The highest BCUT2D eigenvalue weighted by molar-refractivity contribution is 9.10. The van der Waals surface area contributed by atoms with Crippen LogP contribution < -0.4 is 4.90 Å². The zero-order valence-corrected chi connectivity index (χ0v) is 15.0. The van der Waals surface area contributed by atoms with Gasteiger partial charge in [0.05, 0.1) is 4.32 Å². The van der Waals surface area contributed by atoms with Crippen LogP contribution in [0.5, 0.6) is 0 Å². The number of nitrogens with zero attached hydrogens (tertiary/aromatic N) is 1. The third-order valence-corrected chi connectivity index (χ3v) is 4.46. The van der Waals surface area contributed by atoms with E-state index in [1.807, 2.05) is 36.9 Å². The Morgan fingerprint density at radius 3 is 2.60 bits per heavy atom. The second-order valence-electron chi connectivity index (χ2n) is 6.73. The Morgan fingerprint density at radius 2 is 2.05 bits per heavy atom. The number of amides is 1. The predicted octanol–water partition coefficient (Wildman–Crippen LogP) is 5.13. The van der Waals surface area contributed by atoms with Gasteiger partial charge >= 0.3 is 0 Å². The van der Waals surface area contributed by atoms with E-state index in [1.54, 1.807) is 0 Å². The van der Waals surface area contributed by atoms with Crippen LogP contribution in [0.15, 0.2) is 18.2 Å². The van der Waals surface area contributed by atoms with E-state index in [-0.39, 0.29) is 11.4 Å². The number of alkyl halides is 1. The third kappa shape index (κ3) is 2.75. The number of fused-ring (bicyclic) bond motifs is 1. The van der Waals surface area contributed by atoms with E-state index >= 15 is 0 Å². The normalized spacial score (nSPS) is 21.6. The number of benzene rings is 1. The molecule has 0 fully saturated rings. The average molecular weight is 359 g/mol. The van der Waals surface area contributed by atoms with Crippen LogP contribution in [0.4, 0.5) is 5.69 Å². The third-order valence-electron chi connectivity index (χ3n) is 3.88. The fraction of sp³-hybridized carbons (Fsp3) is 0.562. The Bertz CT molecular complexity index is 548. The fourth-order valence-electron chi connectivity index (χ4n) is 3.05. The number of hydrogen-bond donors (Lipinski definition) is 0. The predicted molar refractivity (Wildman–Crippen MR) is 89.1 cm³/mol. The summed E-state index contributed by atoms with van der Waals surface area (Å²) in [5.41, 5.74) is 1.93. The molecule has 0 N–H and O–H groups in total. The molecule has 0 unspecified atom stereocenters. The van der Waals surface area contributed by atoms with Crippen LogP contribution in [0.1, 0.15) is 52.5 Å². The maximum atomic E-state index is 12.8. The average Bonchev–Trinajstić information content (AvgIpc) is 2.27. The number of anilines is 1. The van der Waals surface area contributed by atoms with Crippen LogP contribution in [0.25, 0.3) is 0 Å². The van der Waals surface area contributed by atoms with Crippen molar-refractivity contribution in [2.75, 3.05) is 4.90 Å². The maximum absolute atomic E-state index is 12.8. The fourth-order valence-corrected chi connectivity index (χ4v) is 3.41. The molecule has 0 spiro atoms. The van der Waals surface area contributed by atoms with E-state index < -0.39 is 4.32 Å². The van der Waals surface area contributed by atoms with Crippen molar-refractivity contribution in [2.24, 2.45) is 0 Å². The molecular formula is C16H21BrClNO. The van der Waals surface area contributed by atoms with Crippen molar-refractivity contribution in [3.8, 4) is 0 Å². The largest absolute Gasteiger partial charge is 0.305 e. The molecule has 1 atom stereocenters. The standard InChI is InChI=1S/C16H21BrClNO/c1-10-9-15(2,3)19(14(20)16(4,5)17)13-7-6-11(18)8-12(10)13/h6-8,10H,9H2,1-5H3/t10-/m1/s1. The van der Waals surface area contributed by atoms with Gasteiger partial charge in [-0.05, 0) is 63.8 Å². The molecule has 20 heavy (non-hydrogen) atoms. The topological polar surface area (TPSA) is 20.3 Å². The molecule has 1 aromatic carbocycles. The Morgan fingerprint density at radius 1 is 1.45 bits per heavy atom. The van der Waals surface area contributed by atoms with Crippen molar-refractivity contribution in [3.63, 3.8) is 0 Å². The van der Waals surface area contributed by atoms with Crippen LogP contribution in [0.3, 0.4) is 0 Å². The van der Waals surface area contributed by atoms with E-state index in [4.69, 9.17) is 11.6 Å². The number of rotatable bonds is 1. The molecule has 1 aliphatic heterocycles. The summed E-state index contributed by atoms with van der Waals surface area (Å²) < 4.78 is -0.582. The van der Waals surface area contributed by atoms with Crippen molar-refractivity contribution < 1.29 is 4.79 Å². The minimum atomic E-state index is -0.582. The minimum absolute atomic E-state index is 0.0815. The molecule has 0 bridgehead atoms. The summed E-state index contributed by atoms with van der Waals surface area (Å²) >= 11 is 9.61. The number of carbonyl (C=O) groups is 1. The van der Waals surface area contributed by atoms with Crippen LogP contribution in [0.2, 0.25) is 5.02 Å². The molecule has 0 saturated heterocycles. The summed E-state index contributed by atoms with van der Waals surface area (Å²) in [6, 6.07) is 5.81. The van der Waals surface area contributed by atoms with Gasteiger partial charge in [0.2, 0.25) is 5.91 Å². The first-order valence-corrected chi connectivity index (χ1v) is 8.04. The van der Waals surface area contributed by atoms with Crippen molar-refractivity contribution in [3.05, 3.63) is 28.8 Å². The lowest BCUT2D eigenvalue weighted by Gasteiger charge is -2.47. The van der Waals surface area contributed by atoms with Crippen LogP contribution in [-0.2, 0) is 4.79 Å². The van der Waals surface area contributed by atoms with Crippen molar-refractivity contribution in [1.29, 1.82) is 0 Å². The summed E-state index contributed by atoms with van der Waals surface area (Å²) in [4.78, 5) is 14.8. The van der Waals surface area contributed by atoms with Gasteiger partial charge in [0.15, 0.2) is 0 Å². The number of hydrogen-bond acceptors (Lipinski definition) is 1. The molecule has 0 aromatic heterocycles. The molecule has 0 aliphatic carbocycles. The summed E-state index contributed by atoms with van der Waals surface area (Å²) in [7, 11) is 0. The van der Waals surface area contributed by atoms with Crippen LogP contribution >= 0.6 is 27.5 Å². The maximum Gasteiger partial charge on any atom is 0.243 e. The minimum Gasteiger partial charge on any atom is -0.305 e. The first-order chi connectivity index (χ1) is 9.04. The molecule has 110 valence electrons. The highest BCUT2D eigenvalue weighted by atomic mass is 79.9. The zero-order valence-electron chi connectivity index (χ0n) is 12.6. The van der Waals surface area contributed by atoms with Gasteiger partial charge in [-0.25, -0.2) is 0 Å². The second-order valence-corrected chi connectivity index (χ2v) is 9.15. The smallest absolute Gasteiger partial charge is 0.243 e. The lowest BCUT2D eigenvalue weighted by molar-refractivity contribution is -0.121. The lowest BCUT2D eigenvalue weighted by atomic mass is 9.79. The van der Waals surface area contributed by atoms with Gasteiger partial charge in [0, 0.05) is 16.2 Å². The van der Waals surface area contributed by atoms with Gasteiger partial charge in [-0.1, -0.05) is 34.5 Å². The molecule has 2 nitrogen and oxygen atoms in total. The van der Waals surface area contributed by atoms with Crippen molar-refractivity contribution in [2.45, 2.75) is 56.8 Å². The first kappa shape index (κ1) is 15.8.